The number of hydrogen-bond donors (Lipinski definition) is 0. The van der Waals surface area contributed by atoms with E-state index in [1.807, 2.05) is 23.2 Å². The van der Waals surface area contributed by atoms with Crippen molar-refractivity contribution in [2.45, 2.75) is 25.8 Å². The zero-order valence-corrected chi connectivity index (χ0v) is 12.9. The Kier molecular flexibility index (Phi) is 3.94. The van der Waals surface area contributed by atoms with Gasteiger partial charge in [-0.05, 0) is 31.5 Å². The number of hydrogen-bond acceptors (Lipinski definition) is 4. The quantitative estimate of drug-likeness (QED) is 0.869. The fourth-order valence-corrected chi connectivity index (χ4v) is 2.67. The van der Waals surface area contributed by atoms with Crippen LogP contribution in [0.3, 0.4) is 0 Å². The summed E-state index contributed by atoms with van der Waals surface area (Å²) in [6, 6.07) is 5.46. The zero-order valence-electron chi connectivity index (χ0n) is 12.9. The molecule has 0 radical (unpaired) electrons. The molecule has 1 atom stereocenters. The van der Waals surface area contributed by atoms with Crippen molar-refractivity contribution < 1.29 is 9.53 Å². The van der Waals surface area contributed by atoms with Crippen molar-refractivity contribution in [3.8, 4) is 5.69 Å². The van der Waals surface area contributed by atoms with Gasteiger partial charge in [0.1, 0.15) is 5.69 Å². The van der Waals surface area contributed by atoms with Crippen molar-refractivity contribution in [3.63, 3.8) is 0 Å². The van der Waals surface area contributed by atoms with E-state index in [0.717, 1.165) is 12.1 Å². The number of ether oxygens (including phenoxy) is 1. The molecule has 3 heterocycles. The second-order valence-electron chi connectivity index (χ2n) is 5.71. The maximum Gasteiger partial charge on any atom is 0.273 e. The van der Waals surface area contributed by atoms with E-state index in [4.69, 9.17) is 4.74 Å². The van der Waals surface area contributed by atoms with Crippen molar-refractivity contribution in [2.24, 2.45) is 0 Å². The van der Waals surface area contributed by atoms with Crippen LogP contribution in [0.5, 0.6) is 0 Å². The molecule has 6 nitrogen and oxygen atoms in total. The van der Waals surface area contributed by atoms with Gasteiger partial charge in [-0.3, -0.25) is 9.78 Å². The van der Waals surface area contributed by atoms with Crippen molar-refractivity contribution in [3.05, 3.63) is 42.5 Å². The summed E-state index contributed by atoms with van der Waals surface area (Å²) in [6.07, 6.45) is 6.04. The highest BCUT2D eigenvalue weighted by Gasteiger charge is 2.37. The van der Waals surface area contributed by atoms with Crippen molar-refractivity contribution in [1.29, 1.82) is 0 Å². The molecule has 0 N–H and O–H groups in total. The summed E-state index contributed by atoms with van der Waals surface area (Å²) in [5, 5.41) is 4.19. The lowest BCUT2D eigenvalue weighted by molar-refractivity contribution is -0.0468. The van der Waals surface area contributed by atoms with Crippen LogP contribution >= 0.6 is 0 Å². The Balaban J connectivity index is 1.90. The first-order valence-corrected chi connectivity index (χ1v) is 7.50. The molecule has 0 spiro atoms. The number of nitrogens with zero attached hydrogens (tertiary/aromatic N) is 4. The smallest absolute Gasteiger partial charge is 0.273 e. The summed E-state index contributed by atoms with van der Waals surface area (Å²) in [5.74, 6) is -0.0540. The number of pyridine rings is 1. The molecular weight excluding hydrogens is 280 g/mol. The van der Waals surface area contributed by atoms with Crippen LogP contribution in [0.1, 0.15) is 30.8 Å². The molecule has 6 heteroatoms. The third-order valence-electron chi connectivity index (χ3n) is 4.26. The molecule has 0 bridgehead atoms. The topological polar surface area (TPSA) is 60.2 Å². The fraction of sp³-hybridized carbons (Fsp3) is 0.438. The fourth-order valence-electron chi connectivity index (χ4n) is 2.67. The normalized spacial score (nSPS) is 21.8. The first-order chi connectivity index (χ1) is 10.6. The van der Waals surface area contributed by atoms with E-state index < -0.39 is 0 Å². The van der Waals surface area contributed by atoms with Gasteiger partial charge in [0.2, 0.25) is 0 Å². The van der Waals surface area contributed by atoms with Crippen LogP contribution in [0.4, 0.5) is 0 Å². The molecule has 0 aliphatic carbocycles. The minimum absolute atomic E-state index is 0.0540. The first-order valence-electron chi connectivity index (χ1n) is 7.50. The van der Waals surface area contributed by atoms with E-state index >= 15 is 0 Å². The Morgan fingerprint density at radius 2 is 2.32 bits per heavy atom. The second-order valence-corrected chi connectivity index (χ2v) is 5.71. The van der Waals surface area contributed by atoms with Gasteiger partial charge in [-0.1, -0.05) is 6.92 Å². The number of carbonyl (C=O) groups is 1. The average Bonchev–Trinajstić information content (AvgIpc) is 3.09. The van der Waals surface area contributed by atoms with Crippen molar-refractivity contribution >= 4 is 5.91 Å². The molecule has 0 saturated carbocycles. The summed E-state index contributed by atoms with van der Waals surface area (Å²) in [5.41, 5.74) is 0.989. The van der Waals surface area contributed by atoms with Crippen molar-refractivity contribution in [2.75, 3.05) is 19.8 Å². The summed E-state index contributed by atoms with van der Waals surface area (Å²) < 4.78 is 7.27. The number of morpholine rings is 1. The van der Waals surface area contributed by atoms with Crippen LogP contribution < -0.4 is 0 Å². The SMILES string of the molecule is CCC1(C)COCCN1C(=O)c1cc(-n2cccn2)ccn1. The maximum absolute atomic E-state index is 12.9. The lowest BCUT2D eigenvalue weighted by Gasteiger charge is -2.44. The van der Waals surface area contributed by atoms with Crippen LogP contribution in [0.2, 0.25) is 0 Å². The van der Waals surface area contributed by atoms with Gasteiger partial charge in [-0.25, -0.2) is 4.68 Å². The van der Waals surface area contributed by atoms with Crippen LogP contribution in [0.25, 0.3) is 5.69 Å². The predicted molar refractivity (Wildman–Crippen MR) is 81.9 cm³/mol. The maximum atomic E-state index is 12.9. The van der Waals surface area contributed by atoms with Crippen LogP contribution in [-0.2, 0) is 4.74 Å². The Morgan fingerprint density at radius 1 is 1.45 bits per heavy atom. The number of amides is 1. The average molecular weight is 300 g/mol. The van der Waals surface area contributed by atoms with E-state index in [2.05, 4.69) is 23.9 Å². The molecule has 1 aliphatic heterocycles. The third-order valence-corrected chi connectivity index (χ3v) is 4.26. The molecule has 3 rings (SSSR count). The van der Waals surface area contributed by atoms with Gasteiger partial charge in [0.05, 0.1) is 24.4 Å². The lowest BCUT2D eigenvalue weighted by atomic mass is 9.95. The van der Waals surface area contributed by atoms with E-state index in [0.29, 0.717) is 25.5 Å². The van der Waals surface area contributed by atoms with Gasteiger partial charge in [0.25, 0.3) is 5.91 Å². The largest absolute Gasteiger partial charge is 0.377 e. The van der Waals surface area contributed by atoms with Gasteiger partial charge in [-0.15, -0.1) is 0 Å². The lowest BCUT2D eigenvalue weighted by Crippen LogP contribution is -2.57. The van der Waals surface area contributed by atoms with E-state index in [-0.39, 0.29) is 11.4 Å². The van der Waals surface area contributed by atoms with Crippen LogP contribution in [0.15, 0.2) is 36.8 Å². The van der Waals surface area contributed by atoms with Gasteiger partial charge in [0, 0.05) is 25.1 Å². The molecule has 2 aromatic heterocycles. The van der Waals surface area contributed by atoms with Gasteiger partial charge in [0.15, 0.2) is 0 Å². The minimum atomic E-state index is -0.279. The third kappa shape index (κ3) is 2.62. The molecule has 0 aromatic carbocycles. The van der Waals surface area contributed by atoms with Crippen LogP contribution in [0, 0.1) is 0 Å². The molecule has 1 aliphatic rings. The summed E-state index contributed by atoms with van der Waals surface area (Å²) >= 11 is 0. The monoisotopic (exact) mass is 300 g/mol. The highest BCUT2D eigenvalue weighted by Crippen LogP contribution is 2.25. The Hall–Kier alpha value is -2.21. The van der Waals surface area contributed by atoms with Gasteiger partial charge in [-0.2, -0.15) is 5.10 Å². The molecule has 1 fully saturated rings. The van der Waals surface area contributed by atoms with E-state index in [1.54, 1.807) is 23.1 Å². The van der Waals surface area contributed by atoms with E-state index in [9.17, 15) is 4.79 Å². The highest BCUT2D eigenvalue weighted by atomic mass is 16.5. The molecule has 2 aromatic rings. The Labute approximate surface area is 129 Å². The second kappa shape index (κ2) is 5.88. The van der Waals surface area contributed by atoms with Crippen molar-refractivity contribution in [1.82, 2.24) is 19.7 Å². The standard InChI is InChI=1S/C16H20N4O2/c1-3-16(2)12-22-10-9-19(16)15(21)14-11-13(5-7-17-14)20-8-4-6-18-20/h4-8,11H,3,9-10,12H2,1-2H3. The number of aromatic nitrogens is 3. The van der Waals surface area contributed by atoms with Gasteiger partial charge >= 0.3 is 0 Å². The first kappa shape index (κ1) is 14.7. The van der Waals surface area contributed by atoms with E-state index in [1.165, 1.54) is 0 Å². The summed E-state index contributed by atoms with van der Waals surface area (Å²) in [6.45, 7) is 5.86. The summed E-state index contributed by atoms with van der Waals surface area (Å²) in [7, 11) is 0. The summed E-state index contributed by atoms with van der Waals surface area (Å²) in [4.78, 5) is 19.0. The molecule has 1 saturated heterocycles. The molecule has 1 amide bonds. The Bertz CT molecular complexity index is 656. The number of rotatable bonds is 3. The molecular formula is C16H20N4O2. The highest BCUT2D eigenvalue weighted by molar-refractivity contribution is 5.93. The Morgan fingerprint density at radius 3 is 3.05 bits per heavy atom. The molecule has 1 unspecified atom stereocenters. The van der Waals surface area contributed by atoms with Crippen LogP contribution in [-0.4, -0.2) is 50.9 Å². The van der Waals surface area contributed by atoms with Gasteiger partial charge < -0.3 is 9.64 Å². The zero-order chi connectivity index (χ0) is 15.6. The molecule has 22 heavy (non-hydrogen) atoms. The number of carbonyl (C=O) groups excluding carboxylic acids is 1. The minimum Gasteiger partial charge on any atom is -0.377 e. The predicted octanol–water partition coefficient (Wildman–Crippen LogP) is 1.91. The molecule has 116 valence electrons.